The standard InChI is InChI=1S/C19H27N3O2.C6H4F3N/c20-18-7-3-4-15(17(18)13-23)12-22-10-8-14(9-11-22)19(24)21-16-5-1-2-6-16;7-6(8,9)5-1-3-10-4-2-5/h3-4,7,13-14,16H,1-2,5-6,8-12,20H2,(H,21,24);1-4H. The molecule has 2 fully saturated rings. The summed E-state index contributed by atoms with van der Waals surface area (Å²) in [5.41, 5.74) is 7.31. The van der Waals surface area contributed by atoms with Gasteiger partial charge in [-0.15, -0.1) is 0 Å². The van der Waals surface area contributed by atoms with Gasteiger partial charge >= 0.3 is 6.18 Å². The predicted molar refractivity (Wildman–Crippen MR) is 124 cm³/mol. The summed E-state index contributed by atoms with van der Waals surface area (Å²) < 4.78 is 35.3. The lowest BCUT2D eigenvalue weighted by molar-refractivity contribution is -0.137. The molecule has 0 spiro atoms. The van der Waals surface area contributed by atoms with Gasteiger partial charge in [0, 0.05) is 42.1 Å². The van der Waals surface area contributed by atoms with Gasteiger partial charge in [0.1, 0.15) is 0 Å². The van der Waals surface area contributed by atoms with Crippen molar-refractivity contribution in [2.75, 3.05) is 18.8 Å². The van der Waals surface area contributed by atoms with E-state index in [4.69, 9.17) is 5.73 Å². The minimum Gasteiger partial charge on any atom is -0.398 e. The zero-order valence-electron chi connectivity index (χ0n) is 19.1. The first-order valence-electron chi connectivity index (χ1n) is 11.6. The molecule has 2 aromatic rings. The molecule has 1 aliphatic carbocycles. The molecule has 2 heterocycles. The van der Waals surface area contributed by atoms with Crippen molar-refractivity contribution in [1.29, 1.82) is 0 Å². The minimum absolute atomic E-state index is 0.133. The van der Waals surface area contributed by atoms with E-state index in [0.717, 1.165) is 81.7 Å². The maximum atomic E-state index is 12.4. The Kier molecular flexibility index (Phi) is 9.04. The average molecular weight is 477 g/mol. The second-order valence-corrected chi connectivity index (χ2v) is 8.81. The molecular formula is C25H31F3N4O2. The number of aromatic nitrogens is 1. The van der Waals surface area contributed by atoms with E-state index in [-0.39, 0.29) is 11.8 Å². The molecule has 0 atom stereocenters. The number of nitrogens with two attached hydrogens (primary N) is 1. The van der Waals surface area contributed by atoms with Crippen molar-refractivity contribution in [1.82, 2.24) is 15.2 Å². The van der Waals surface area contributed by atoms with E-state index in [1.54, 1.807) is 6.07 Å². The Balaban J connectivity index is 0.000000271. The van der Waals surface area contributed by atoms with Crippen molar-refractivity contribution in [2.24, 2.45) is 5.92 Å². The molecule has 1 saturated carbocycles. The quantitative estimate of drug-likeness (QED) is 0.492. The lowest BCUT2D eigenvalue weighted by Crippen LogP contribution is -2.43. The number of amides is 1. The zero-order chi connectivity index (χ0) is 24.6. The molecule has 0 unspecified atom stereocenters. The van der Waals surface area contributed by atoms with Gasteiger partial charge in [0.15, 0.2) is 6.29 Å². The summed E-state index contributed by atoms with van der Waals surface area (Å²) in [6, 6.07) is 7.86. The number of hydrogen-bond acceptors (Lipinski definition) is 5. The van der Waals surface area contributed by atoms with Gasteiger partial charge in [0.25, 0.3) is 0 Å². The highest BCUT2D eigenvalue weighted by molar-refractivity contribution is 5.85. The van der Waals surface area contributed by atoms with Crippen LogP contribution in [0.15, 0.2) is 42.7 Å². The van der Waals surface area contributed by atoms with Crippen LogP contribution in [0.5, 0.6) is 0 Å². The Labute approximate surface area is 197 Å². The molecule has 3 N–H and O–H groups in total. The van der Waals surface area contributed by atoms with Gasteiger partial charge in [0.2, 0.25) is 5.91 Å². The summed E-state index contributed by atoms with van der Waals surface area (Å²) in [7, 11) is 0. The van der Waals surface area contributed by atoms with Crippen LogP contribution in [0.3, 0.4) is 0 Å². The molecule has 1 aromatic heterocycles. The van der Waals surface area contributed by atoms with E-state index in [1.165, 1.54) is 12.8 Å². The Bertz CT molecular complexity index is 939. The smallest absolute Gasteiger partial charge is 0.398 e. The van der Waals surface area contributed by atoms with Crippen molar-refractivity contribution in [3.63, 3.8) is 0 Å². The number of nitrogen functional groups attached to an aromatic ring is 1. The molecule has 2 aliphatic rings. The maximum absolute atomic E-state index is 12.4. The van der Waals surface area contributed by atoms with Crippen LogP contribution < -0.4 is 11.1 Å². The van der Waals surface area contributed by atoms with E-state index in [1.807, 2.05) is 12.1 Å². The van der Waals surface area contributed by atoms with Crippen LogP contribution in [0.25, 0.3) is 0 Å². The average Bonchev–Trinajstić information content (AvgIpc) is 3.33. The lowest BCUT2D eigenvalue weighted by Gasteiger charge is -2.32. The molecule has 1 aromatic carbocycles. The van der Waals surface area contributed by atoms with Gasteiger partial charge in [-0.3, -0.25) is 19.5 Å². The largest absolute Gasteiger partial charge is 0.416 e. The van der Waals surface area contributed by atoms with Crippen LogP contribution in [0, 0.1) is 5.92 Å². The van der Waals surface area contributed by atoms with Gasteiger partial charge in [-0.25, -0.2) is 0 Å². The van der Waals surface area contributed by atoms with Crippen molar-refractivity contribution in [3.8, 4) is 0 Å². The predicted octanol–water partition coefficient (Wildman–Crippen LogP) is 4.45. The monoisotopic (exact) mass is 476 g/mol. The van der Waals surface area contributed by atoms with Crippen molar-refractivity contribution in [3.05, 3.63) is 59.4 Å². The number of nitrogens with zero attached hydrogens (tertiary/aromatic N) is 2. The van der Waals surface area contributed by atoms with Gasteiger partial charge in [-0.05, 0) is 62.5 Å². The van der Waals surface area contributed by atoms with Crippen LogP contribution in [-0.2, 0) is 17.5 Å². The molecule has 6 nitrogen and oxygen atoms in total. The number of likely N-dealkylation sites (tertiary alicyclic amines) is 1. The molecule has 1 amide bonds. The molecule has 0 radical (unpaired) electrons. The lowest BCUT2D eigenvalue weighted by atomic mass is 9.94. The summed E-state index contributed by atoms with van der Waals surface area (Å²) in [5.74, 6) is 0.368. The number of anilines is 1. The molecular weight excluding hydrogens is 445 g/mol. The topological polar surface area (TPSA) is 88.3 Å². The first-order chi connectivity index (χ1) is 16.3. The number of carbonyl (C=O) groups excluding carboxylic acids is 2. The number of piperidine rings is 1. The highest BCUT2D eigenvalue weighted by Crippen LogP contribution is 2.28. The summed E-state index contributed by atoms with van der Waals surface area (Å²) in [6.45, 7) is 2.49. The number of hydrogen-bond donors (Lipinski definition) is 2. The van der Waals surface area contributed by atoms with Crippen LogP contribution in [0.1, 0.15) is 60.0 Å². The molecule has 9 heteroatoms. The SMILES string of the molecule is FC(F)(F)c1ccncc1.Nc1cccc(CN2CCC(C(=O)NC3CCCC3)CC2)c1C=O. The number of nitrogens with one attached hydrogen (secondary N) is 1. The summed E-state index contributed by atoms with van der Waals surface area (Å²) in [4.78, 5) is 29.4. The fourth-order valence-electron chi connectivity index (χ4n) is 4.44. The van der Waals surface area contributed by atoms with E-state index >= 15 is 0 Å². The third-order valence-electron chi connectivity index (χ3n) is 6.41. The summed E-state index contributed by atoms with van der Waals surface area (Å²) >= 11 is 0. The van der Waals surface area contributed by atoms with E-state index in [9.17, 15) is 22.8 Å². The first kappa shape index (κ1) is 25.7. The van der Waals surface area contributed by atoms with E-state index < -0.39 is 11.7 Å². The van der Waals surface area contributed by atoms with Crippen LogP contribution in [-0.4, -0.2) is 41.2 Å². The maximum Gasteiger partial charge on any atom is 0.416 e. The van der Waals surface area contributed by atoms with Gasteiger partial charge in [-0.1, -0.05) is 25.0 Å². The number of benzene rings is 1. The van der Waals surface area contributed by atoms with Gasteiger partial charge in [0.05, 0.1) is 5.56 Å². The van der Waals surface area contributed by atoms with Gasteiger partial charge < -0.3 is 11.1 Å². The van der Waals surface area contributed by atoms with Crippen molar-refractivity contribution < 1.29 is 22.8 Å². The van der Waals surface area contributed by atoms with Crippen LogP contribution in [0.4, 0.5) is 18.9 Å². The zero-order valence-corrected chi connectivity index (χ0v) is 19.1. The number of pyridine rings is 1. The van der Waals surface area contributed by atoms with Gasteiger partial charge in [-0.2, -0.15) is 13.2 Å². The van der Waals surface area contributed by atoms with Crippen LogP contribution >= 0.6 is 0 Å². The number of alkyl halides is 3. The number of aldehydes is 1. The second-order valence-electron chi connectivity index (χ2n) is 8.81. The first-order valence-corrected chi connectivity index (χ1v) is 11.6. The Hall–Kier alpha value is -2.94. The Morgan fingerprint density at radius 3 is 2.29 bits per heavy atom. The highest BCUT2D eigenvalue weighted by atomic mass is 19.4. The summed E-state index contributed by atoms with van der Waals surface area (Å²) in [6.07, 6.45) is 5.34. The molecule has 4 rings (SSSR count). The van der Waals surface area contributed by atoms with Crippen LogP contribution in [0.2, 0.25) is 0 Å². The molecule has 0 bridgehead atoms. The van der Waals surface area contributed by atoms with E-state index in [2.05, 4.69) is 15.2 Å². The Morgan fingerprint density at radius 2 is 1.74 bits per heavy atom. The fourth-order valence-corrected chi connectivity index (χ4v) is 4.44. The van der Waals surface area contributed by atoms with E-state index in [0.29, 0.717) is 17.3 Å². The third kappa shape index (κ3) is 7.28. The second kappa shape index (κ2) is 12.0. The summed E-state index contributed by atoms with van der Waals surface area (Å²) in [5, 5.41) is 3.22. The Morgan fingerprint density at radius 1 is 1.09 bits per heavy atom. The number of carbonyl (C=O) groups is 2. The fraction of sp³-hybridized carbons (Fsp3) is 0.480. The van der Waals surface area contributed by atoms with Crippen molar-refractivity contribution in [2.45, 2.75) is 57.3 Å². The number of halogens is 3. The number of rotatable bonds is 5. The molecule has 1 aliphatic heterocycles. The molecule has 1 saturated heterocycles. The highest BCUT2D eigenvalue weighted by Gasteiger charge is 2.30. The minimum atomic E-state index is -4.25. The third-order valence-corrected chi connectivity index (χ3v) is 6.41. The molecule has 184 valence electrons. The van der Waals surface area contributed by atoms with Crippen molar-refractivity contribution >= 4 is 17.9 Å². The molecule has 34 heavy (non-hydrogen) atoms. The normalized spacial score (nSPS) is 17.6.